The maximum Gasteiger partial charge on any atom is 0.309 e. The van der Waals surface area contributed by atoms with E-state index in [4.69, 9.17) is 4.74 Å². The van der Waals surface area contributed by atoms with E-state index < -0.39 is 0 Å². The molecule has 0 aliphatic carbocycles. The van der Waals surface area contributed by atoms with E-state index >= 15 is 0 Å². The maximum absolute atomic E-state index is 12.6. The SMILES string of the molecule is CCOC(=O)C1CCN(C(=NC)NCc2ccc(C(=O)N3CCCCC3)cc2)CC1. The first kappa shape index (κ1) is 22.1. The van der Waals surface area contributed by atoms with Crippen LogP contribution in [0, 0.1) is 5.92 Å². The van der Waals surface area contributed by atoms with Gasteiger partial charge >= 0.3 is 5.97 Å². The molecular formula is C23H34N4O3. The third kappa shape index (κ3) is 5.74. The Labute approximate surface area is 179 Å². The van der Waals surface area contributed by atoms with Crippen LogP contribution in [0.3, 0.4) is 0 Å². The molecular weight excluding hydrogens is 380 g/mol. The van der Waals surface area contributed by atoms with Crippen LogP contribution in [0.25, 0.3) is 0 Å². The molecule has 0 radical (unpaired) electrons. The minimum atomic E-state index is -0.0840. The van der Waals surface area contributed by atoms with E-state index in [1.807, 2.05) is 36.1 Å². The molecule has 0 spiro atoms. The topological polar surface area (TPSA) is 74.2 Å². The highest BCUT2D eigenvalue weighted by molar-refractivity contribution is 5.94. The fourth-order valence-electron chi connectivity index (χ4n) is 4.15. The molecule has 2 fully saturated rings. The van der Waals surface area contributed by atoms with Crippen molar-refractivity contribution in [1.29, 1.82) is 0 Å². The Hall–Kier alpha value is -2.57. The van der Waals surface area contributed by atoms with Crippen molar-refractivity contribution in [2.45, 2.75) is 45.6 Å². The van der Waals surface area contributed by atoms with E-state index in [9.17, 15) is 9.59 Å². The lowest BCUT2D eigenvalue weighted by atomic mass is 9.97. The van der Waals surface area contributed by atoms with Gasteiger partial charge in [0.15, 0.2) is 5.96 Å². The fraction of sp³-hybridized carbons (Fsp3) is 0.609. The molecule has 1 aromatic rings. The van der Waals surface area contributed by atoms with E-state index in [1.54, 1.807) is 7.05 Å². The number of aliphatic imine (C=N–C) groups is 1. The number of nitrogens with zero attached hydrogens (tertiary/aromatic N) is 3. The molecule has 0 aromatic heterocycles. The van der Waals surface area contributed by atoms with Crippen molar-refractivity contribution in [2.24, 2.45) is 10.9 Å². The number of carbonyl (C=O) groups excluding carboxylic acids is 2. The lowest BCUT2D eigenvalue weighted by molar-refractivity contribution is -0.149. The van der Waals surface area contributed by atoms with Gasteiger partial charge in [0.25, 0.3) is 5.91 Å². The van der Waals surface area contributed by atoms with Gasteiger partial charge in [0, 0.05) is 45.3 Å². The summed E-state index contributed by atoms with van der Waals surface area (Å²) in [5, 5.41) is 3.40. The number of hydrogen-bond donors (Lipinski definition) is 1. The minimum Gasteiger partial charge on any atom is -0.466 e. The van der Waals surface area contributed by atoms with Crippen LogP contribution in [-0.4, -0.2) is 67.5 Å². The zero-order valence-corrected chi connectivity index (χ0v) is 18.2. The highest BCUT2D eigenvalue weighted by Crippen LogP contribution is 2.19. The molecule has 3 rings (SSSR count). The van der Waals surface area contributed by atoms with Gasteiger partial charge in [-0.3, -0.25) is 14.6 Å². The predicted molar refractivity (Wildman–Crippen MR) is 117 cm³/mol. The zero-order valence-electron chi connectivity index (χ0n) is 18.2. The second-order valence-electron chi connectivity index (χ2n) is 7.96. The van der Waals surface area contributed by atoms with Crippen molar-refractivity contribution in [3.8, 4) is 0 Å². The Morgan fingerprint density at radius 1 is 1.03 bits per heavy atom. The molecule has 0 unspecified atom stereocenters. The standard InChI is InChI=1S/C23H34N4O3/c1-3-30-22(29)20-11-15-27(16-12-20)23(24-2)25-17-18-7-9-19(10-8-18)21(28)26-13-5-4-6-14-26/h7-10,20H,3-6,11-17H2,1-2H3,(H,24,25). The number of esters is 1. The summed E-state index contributed by atoms with van der Waals surface area (Å²) in [5.41, 5.74) is 1.86. The number of amides is 1. The summed E-state index contributed by atoms with van der Waals surface area (Å²) in [7, 11) is 1.78. The van der Waals surface area contributed by atoms with E-state index in [1.165, 1.54) is 6.42 Å². The summed E-state index contributed by atoms with van der Waals surface area (Å²) in [6.07, 6.45) is 4.99. The van der Waals surface area contributed by atoms with Gasteiger partial charge in [-0.25, -0.2) is 0 Å². The number of ether oxygens (including phenoxy) is 1. The number of carbonyl (C=O) groups is 2. The van der Waals surface area contributed by atoms with Gasteiger partial charge in [0.05, 0.1) is 12.5 Å². The van der Waals surface area contributed by atoms with E-state index in [0.29, 0.717) is 13.2 Å². The second-order valence-corrected chi connectivity index (χ2v) is 7.96. The van der Waals surface area contributed by atoms with Crippen molar-refractivity contribution in [1.82, 2.24) is 15.1 Å². The molecule has 164 valence electrons. The van der Waals surface area contributed by atoms with E-state index in [-0.39, 0.29) is 17.8 Å². The lowest BCUT2D eigenvalue weighted by Crippen LogP contribution is -2.46. The smallest absolute Gasteiger partial charge is 0.309 e. The third-order valence-electron chi connectivity index (χ3n) is 5.92. The monoisotopic (exact) mass is 414 g/mol. The molecule has 7 nitrogen and oxygen atoms in total. The van der Waals surface area contributed by atoms with E-state index in [0.717, 1.165) is 68.9 Å². The Kier molecular flexibility index (Phi) is 8.11. The van der Waals surface area contributed by atoms with Crippen molar-refractivity contribution in [3.05, 3.63) is 35.4 Å². The van der Waals surface area contributed by atoms with Crippen LogP contribution in [0.5, 0.6) is 0 Å². The van der Waals surface area contributed by atoms with Gasteiger partial charge in [0.1, 0.15) is 0 Å². The van der Waals surface area contributed by atoms with Crippen LogP contribution in [0.4, 0.5) is 0 Å². The quantitative estimate of drug-likeness (QED) is 0.456. The van der Waals surface area contributed by atoms with Crippen LogP contribution < -0.4 is 5.32 Å². The Morgan fingerprint density at radius 2 is 1.70 bits per heavy atom. The molecule has 0 atom stereocenters. The molecule has 2 heterocycles. The summed E-state index contributed by atoms with van der Waals surface area (Å²) in [6, 6.07) is 7.85. The maximum atomic E-state index is 12.6. The number of rotatable bonds is 5. The Balaban J connectivity index is 1.48. The first-order valence-corrected chi connectivity index (χ1v) is 11.1. The minimum absolute atomic E-state index is 0.00992. The summed E-state index contributed by atoms with van der Waals surface area (Å²) < 4.78 is 5.14. The van der Waals surface area contributed by atoms with Crippen LogP contribution in [0.1, 0.15) is 54.9 Å². The summed E-state index contributed by atoms with van der Waals surface area (Å²) in [4.78, 5) is 33.1. The average Bonchev–Trinajstić information content (AvgIpc) is 2.80. The average molecular weight is 415 g/mol. The van der Waals surface area contributed by atoms with Gasteiger partial charge in [-0.2, -0.15) is 0 Å². The van der Waals surface area contributed by atoms with Crippen molar-refractivity contribution in [3.63, 3.8) is 0 Å². The van der Waals surface area contributed by atoms with Crippen LogP contribution in [0.15, 0.2) is 29.3 Å². The van der Waals surface area contributed by atoms with Gasteiger partial charge < -0.3 is 19.9 Å². The molecule has 1 aromatic carbocycles. The zero-order chi connectivity index (χ0) is 21.3. The van der Waals surface area contributed by atoms with Crippen LogP contribution >= 0.6 is 0 Å². The molecule has 2 saturated heterocycles. The van der Waals surface area contributed by atoms with E-state index in [2.05, 4.69) is 15.2 Å². The Bertz CT molecular complexity index is 733. The lowest BCUT2D eigenvalue weighted by Gasteiger charge is -2.33. The molecule has 1 amide bonds. The Morgan fingerprint density at radius 3 is 2.30 bits per heavy atom. The predicted octanol–water partition coefficient (Wildman–Crippen LogP) is 2.66. The molecule has 0 saturated carbocycles. The number of guanidine groups is 1. The van der Waals surface area contributed by atoms with Gasteiger partial charge in [-0.05, 0) is 56.7 Å². The first-order valence-electron chi connectivity index (χ1n) is 11.1. The number of hydrogen-bond acceptors (Lipinski definition) is 4. The van der Waals surface area contributed by atoms with Crippen molar-refractivity contribution < 1.29 is 14.3 Å². The molecule has 2 aliphatic rings. The van der Waals surface area contributed by atoms with Gasteiger partial charge in [0.2, 0.25) is 0 Å². The summed E-state index contributed by atoms with van der Waals surface area (Å²) in [5.74, 6) is 0.879. The molecule has 30 heavy (non-hydrogen) atoms. The second kappa shape index (κ2) is 11.0. The van der Waals surface area contributed by atoms with Crippen molar-refractivity contribution in [2.75, 3.05) is 39.8 Å². The molecule has 2 aliphatic heterocycles. The number of piperidine rings is 2. The molecule has 7 heteroatoms. The molecule has 1 N–H and O–H groups in total. The number of benzene rings is 1. The number of nitrogens with one attached hydrogen (secondary N) is 1. The number of likely N-dealkylation sites (tertiary alicyclic amines) is 2. The highest BCUT2D eigenvalue weighted by Gasteiger charge is 2.27. The largest absolute Gasteiger partial charge is 0.466 e. The third-order valence-corrected chi connectivity index (χ3v) is 5.92. The first-order chi connectivity index (χ1) is 14.6. The fourth-order valence-corrected chi connectivity index (χ4v) is 4.15. The highest BCUT2D eigenvalue weighted by atomic mass is 16.5. The van der Waals surface area contributed by atoms with Gasteiger partial charge in [-0.1, -0.05) is 12.1 Å². The van der Waals surface area contributed by atoms with Crippen LogP contribution in [0.2, 0.25) is 0 Å². The summed E-state index contributed by atoms with van der Waals surface area (Å²) >= 11 is 0. The summed E-state index contributed by atoms with van der Waals surface area (Å²) in [6.45, 7) is 6.22. The normalized spacial score (nSPS) is 18.3. The van der Waals surface area contributed by atoms with Crippen LogP contribution in [-0.2, 0) is 16.1 Å². The van der Waals surface area contributed by atoms with Gasteiger partial charge in [-0.15, -0.1) is 0 Å². The molecule has 0 bridgehead atoms. The van der Waals surface area contributed by atoms with Crippen molar-refractivity contribution >= 4 is 17.8 Å².